The maximum absolute atomic E-state index is 2.42. The van der Waals surface area contributed by atoms with Crippen molar-refractivity contribution in [2.24, 2.45) is 0 Å². The van der Waals surface area contributed by atoms with E-state index in [-0.39, 0.29) is 12.4 Å². The van der Waals surface area contributed by atoms with Gasteiger partial charge in [0.05, 0.1) is 0 Å². The average molecular weight is 162 g/mol. The summed E-state index contributed by atoms with van der Waals surface area (Å²) in [6, 6.07) is 0. The first kappa shape index (κ1) is 13.0. The Kier molecular flexibility index (Phi) is 15.7. The molecule has 0 saturated carbocycles. The summed E-state index contributed by atoms with van der Waals surface area (Å²) in [6.07, 6.45) is 8.09. The third-order valence-electron chi connectivity index (χ3n) is 1.52. The normalized spacial score (nSPS) is 8.60. The van der Waals surface area contributed by atoms with Crippen molar-refractivity contribution >= 4 is 19.7 Å². The van der Waals surface area contributed by atoms with Gasteiger partial charge in [0.15, 0.2) is 0 Å². The Labute approximate surface area is 72.4 Å². The van der Waals surface area contributed by atoms with Crippen LogP contribution in [0.1, 0.15) is 39.5 Å². The van der Waals surface area contributed by atoms with Crippen molar-refractivity contribution in [3.63, 3.8) is 0 Å². The predicted molar refractivity (Wildman–Crippen MR) is 52.4 cm³/mol. The van der Waals surface area contributed by atoms with Gasteiger partial charge in [-0.25, -0.2) is 0 Å². The van der Waals surface area contributed by atoms with Gasteiger partial charge < -0.3 is 0 Å². The summed E-state index contributed by atoms with van der Waals surface area (Å²) >= 11 is 0. The lowest BCUT2D eigenvalue weighted by molar-refractivity contribution is 0.851. The van der Waals surface area contributed by atoms with E-state index in [9.17, 15) is 0 Å². The summed E-state index contributed by atoms with van der Waals surface area (Å²) in [5.41, 5.74) is 0. The molecule has 0 aliphatic heterocycles. The molecule has 0 spiro atoms. The van der Waals surface area contributed by atoms with E-state index in [0.717, 1.165) is 0 Å². The molecule has 0 atom stereocenters. The molecule has 61 valence electrons. The van der Waals surface area contributed by atoms with Crippen LogP contribution >= 0.6 is 12.4 Å². The molecule has 0 bridgehead atoms. The minimum absolute atomic E-state index is 0. The topological polar surface area (TPSA) is 0 Å². The molecule has 0 unspecified atom stereocenters. The van der Waals surface area contributed by atoms with Crippen molar-refractivity contribution in [1.82, 2.24) is 0 Å². The molecule has 0 aromatic carbocycles. The predicted octanol–water partition coefficient (Wildman–Crippen LogP) is 3.55. The molecule has 2 heteroatoms. The SMILES string of the molecule is CCCC[B]CCCC.Cl. The molecule has 0 saturated heterocycles. The molecule has 0 N–H and O–H groups in total. The maximum atomic E-state index is 2.42. The summed E-state index contributed by atoms with van der Waals surface area (Å²) in [6.45, 7) is 4.49. The molecule has 0 heterocycles. The highest BCUT2D eigenvalue weighted by Gasteiger charge is 1.88. The van der Waals surface area contributed by atoms with Crippen LogP contribution in [-0.2, 0) is 0 Å². The quantitative estimate of drug-likeness (QED) is 0.413. The number of halogens is 1. The minimum Gasteiger partial charge on any atom is -0.147 e. The van der Waals surface area contributed by atoms with Crippen molar-refractivity contribution in [3.05, 3.63) is 0 Å². The molecule has 0 fully saturated rings. The highest BCUT2D eigenvalue weighted by molar-refractivity contribution is 6.35. The first-order chi connectivity index (χ1) is 4.41. The van der Waals surface area contributed by atoms with E-state index >= 15 is 0 Å². The molecule has 0 aliphatic rings. The minimum atomic E-state index is 0. The molecule has 0 aromatic heterocycles. The third kappa shape index (κ3) is 11.2. The Balaban J connectivity index is 0. The van der Waals surface area contributed by atoms with Gasteiger partial charge in [0, 0.05) is 0 Å². The van der Waals surface area contributed by atoms with Crippen molar-refractivity contribution in [2.75, 3.05) is 0 Å². The smallest absolute Gasteiger partial charge is 0.109 e. The van der Waals surface area contributed by atoms with E-state index in [1.807, 2.05) is 0 Å². The molecule has 0 rings (SSSR count). The number of hydrogen-bond donors (Lipinski definition) is 0. The summed E-state index contributed by atoms with van der Waals surface area (Å²) < 4.78 is 0. The van der Waals surface area contributed by atoms with Crippen molar-refractivity contribution in [1.29, 1.82) is 0 Å². The van der Waals surface area contributed by atoms with Crippen LogP contribution in [0.5, 0.6) is 0 Å². The fourth-order valence-corrected chi connectivity index (χ4v) is 0.841. The van der Waals surface area contributed by atoms with Crippen LogP contribution in [-0.4, -0.2) is 7.28 Å². The lowest BCUT2D eigenvalue weighted by Crippen LogP contribution is -1.87. The second-order valence-electron chi connectivity index (χ2n) is 2.57. The fourth-order valence-electron chi connectivity index (χ4n) is 0.841. The molecule has 0 nitrogen and oxygen atoms in total. The molecule has 0 amide bonds. The lowest BCUT2D eigenvalue weighted by atomic mass is 9.68. The van der Waals surface area contributed by atoms with E-state index in [4.69, 9.17) is 0 Å². The second-order valence-corrected chi connectivity index (χ2v) is 2.57. The monoisotopic (exact) mass is 161 g/mol. The highest BCUT2D eigenvalue weighted by atomic mass is 35.5. The Hall–Kier alpha value is 0.355. The molecular formula is C8H19BCl. The van der Waals surface area contributed by atoms with Gasteiger partial charge in [-0.15, -0.1) is 12.4 Å². The van der Waals surface area contributed by atoms with Crippen LogP contribution in [0, 0.1) is 0 Å². The first-order valence-corrected chi connectivity index (χ1v) is 4.23. The van der Waals surface area contributed by atoms with Gasteiger partial charge in [-0.05, 0) is 0 Å². The average Bonchev–Trinajstić information content (AvgIpc) is 1.89. The van der Waals surface area contributed by atoms with E-state index in [0.29, 0.717) is 0 Å². The van der Waals surface area contributed by atoms with Gasteiger partial charge in [0.1, 0.15) is 7.28 Å². The van der Waals surface area contributed by atoms with Crippen LogP contribution in [0.3, 0.4) is 0 Å². The van der Waals surface area contributed by atoms with Gasteiger partial charge in [0.2, 0.25) is 0 Å². The van der Waals surface area contributed by atoms with Crippen LogP contribution < -0.4 is 0 Å². The number of hydrogen-bond acceptors (Lipinski definition) is 0. The van der Waals surface area contributed by atoms with Crippen LogP contribution in [0.25, 0.3) is 0 Å². The largest absolute Gasteiger partial charge is 0.147 e. The zero-order valence-corrected chi connectivity index (χ0v) is 8.04. The summed E-state index contributed by atoms with van der Waals surface area (Å²) in [5, 5.41) is 0. The van der Waals surface area contributed by atoms with Gasteiger partial charge in [-0.1, -0.05) is 52.2 Å². The van der Waals surface area contributed by atoms with Crippen LogP contribution in [0.15, 0.2) is 0 Å². The number of unbranched alkanes of at least 4 members (excludes halogenated alkanes) is 2. The summed E-state index contributed by atoms with van der Waals surface area (Å²) in [5.74, 6) is 0. The van der Waals surface area contributed by atoms with Gasteiger partial charge >= 0.3 is 0 Å². The molecule has 0 aliphatic carbocycles. The molecule has 1 radical (unpaired) electrons. The van der Waals surface area contributed by atoms with Crippen molar-refractivity contribution in [2.45, 2.75) is 52.2 Å². The van der Waals surface area contributed by atoms with Crippen LogP contribution in [0.4, 0.5) is 0 Å². The number of rotatable bonds is 6. The summed E-state index contributed by atoms with van der Waals surface area (Å²) in [7, 11) is 2.42. The Morgan fingerprint density at radius 2 is 1.30 bits per heavy atom. The zero-order chi connectivity index (χ0) is 6.95. The highest BCUT2D eigenvalue weighted by Crippen LogP contribution is 1.99. The fraction of sp³-hybridized carbons (Fsp3) is 1.00. The summed E-state index contributed by atoms with van der Waals surface area (Å²) in [4.78, 5) is 0. The van der Waals surface area contributed by atoms with E-state index < -0.39 is 0 Å². The van der Waals surface area contributed by atoms with Crippen LogP contribution in [0.2, 0.25) is 12.6 Å². The Morgan fingerprint density at radius 3 is 1.60 bits per heavy atom. The Bertz CT molecular complexity index is 42.5. The standard InChI is InChI=1S/C8H18B.ClH/c1-3-5-7-9-8-6-4-2;/h3-8H2,1-2H3;1H. The maximum Gasteiger partial charge on any atom is 0.109 e. The second kappa shape index (κ2) is 12.1. The van der Waals surface area contributed by atoms with E-state index in [2.05, 4.69) is 21.1 Å². The molecular weight excluding hydrogens is 142 g/mol. The van der Waals surface area contributed by atoms with Gasteiger partial charge in [0.25, 0.3) is 0 Å². The Morgan fingerprint density at radius 1 is 0.900 bits per heavy atom. The molecule has 10 heavy (non-hydrogen) atoms. The third-order valence-corrected chi connectivity index (χ3v) is 1.52. The lowest BCUT2D eigenvalue weighted by Gasteiger charge is -1.94. The zero-order valence-electron chi connectivity index (χ0n) is 7.23. The first-order valence-electron chi connectivity index (χ1n) is 4.23. The molecule has 0 aromatic rings. The van der Waals surface area contributed by atoms with Crippen molar-refractivity contribution < 1.29 is 0 Å². The van der Waals surface area contributed by atoms with E-state index in [1.54, 1.807) is 0 Å². The van der Waals surface area contributed by atoms with Crippen molar-refractivity contribution in [3.8, 4) is 0 Å². The van der Waals surface area contributed by atoms with Gasteiger partial charge in [-0.3, -0.25) is 0 Å². The van der Waals surface area contributed by atoms with Gasteiger partial charge in [-0.2, -0.15) is 0 Å². The van der Waals surface area contributed by atoms with E-state index in [1.165, 1.54) is 38.3 Å².